The molecule has 162 valence electrons. The largest absolute Gasteiger partial charge is 0.508 e. The van der Waals surface area contributed by atoms with E-state index in [1.807, 2.05) is 60.7 Å². The summed E-state index contributed by atoms with van der Waals surface area (Å²) in [5.41, 5.74) is 10.3. The van der Waals surface area contributed by atoms with E-state index in [0.29, 0.717) is 29.3 Å². The fourth-order valence-electron chi connectivity index (χ4n) is 3.96. The van der Waals surface area contributed by atoms with Crippen LogP contribution in [0.3, 0.4) is 0 Å². The van der Waals surface area contributed by atoms with E-state index in [9.17, 15) is 10.4 Å². The summed E-state index contributed by atoms with van der Waals surface area (Å²) in [6, 6.07) is 26.5. The van der Waals surface area contributed by atoms with Crippen LogP contribution in [0.15, 0.2) is 90.3 Å². The quantitative estimate of drug-likeness (QED) is 0.422. The van der Waals surface area contributed by atoms with Gasteiger partial charge in [-0.15, -0.1) is 5.10 Å². The number of phenolic OH excluding ortho intramolecular Hbond substituents is 1. The van der Waals surface area contributed by atoms with Gasteiger partial charge in [-0.1, -0.05) is 42.5 Å². The second-order valence-electron chi connectivity index (χ2n) is 7.64. The molecule has 5 rings (SSSR count). The molecule has 0 fully saturated rings. The summed E-state index contributed by atoms with van der Waals surface area (Å²) in [6.07, 6.45) is 0. The normalized spacial score (nSPS) is 14.8. The number of nitrogens with one attached hydrogen (secondary N) is 1. The molecule has 1 aliphatic rings. The molecule has 0 radical (unpaired) electrons. The monoisotopic (exact) mass is 436 g/mol. The SMILES string of the molecule is N#CC1=C(N)Oc2n[nH]c(-c3ccc(OCc4ccccc4)cc3)c2[C@H]1c1cccc(O)c1. The van der Waals surface area contributed by atoms with Gasteiger partial charge in [0.2, 0.25) is 11.8 Å². The molecule has 33 heavy (non-hydrogen) atoms. The van der Waals surface area contributed by atoms with Crippen molar-refractivity contribution in [3.8, 4) is 34.7 Å². The first-order valence-electron chi connectivity index (χ1n) is 10.4. The lowest BCUT2D eigenvalue weighted by Crippen LogP contribution is -2.20. The Bertz CT molecular complexity index is 1370. The van der Waals surface area contributed by atoms with E-state index < -0.39 is 5.92 Å². The lowest BCUT2D eigenvalue weighted by Gasteiger charge is -2.24. The molecule has 0 spiro atoms. The number of nitriles is 1. The maximum Gasteiger partial charge on any atom is 0.244 e. The predicted octanol–water partition coefficient (Wildman–Crippen LogP) is 4.58. The molecule has 1 aromatic heterocycles. The molecule has 4 N–H and O–H groups in total. The summed E-state index contributed by atoms with van der Waals surface area (Å²) in [6.45, 7) is 0.475. The second-order valence-corrected chi connectivity index (χ2v) is 7.64. The molecular formula is C26H20N4O3. The van der Waals surface area contributed by atoms with E-state index in [1.54, 1.807) is 18.2 Å². The Morgan fingerprint density at radius 2 is 1.85 bits per heavy atom. The summed E-state index contributed by atoms with van der Waals surface area (Å²) < 4.78 is 11.5. The van der Waals surface area contributed by atoms with Crippen molar-refractivity contribution in [3.05, 3.63) is 107 Å². The maximum atomic E-state index is 10.0. The first kappa shape index (κ1) is 20.2. The minimum atomic E-state index is -0.534. The number of hydrogen-bond acceptors (Lipinski definition) is 6. The molecule has 2 heterocycles. The average molecular weight is 436 g/mol. The zero-order valence-corrected chi connectivity index (χ0v) is 17.5. The first-order chi connectivity index (χ1) is 16.1. The third-order valence-corrected chi connectivity index (χ3v) is 5.53. The highest BCUT2D eigenvalue weighted by Crippen LogP contribution is 2.46. The van der Waals surface area contributed by atoms with Gasteiger partial charge in [-0.2, -0.15) is 5.26 Å². The molecule has 0 saturated heterocycles. The van der Waals surface area contributed by atoms with Crippen LogP contribution in [0.25, 0.3) is 11.3 Å². The van der Waals surface area contributed by atoms with Crippen LogP contribution in [0, 0.1) is 11.3 Å². The van der Waals surface area contributed by atoms with Crippen LogP contribution in [0.2, 0.25) is 0 Å². The van der Waals surface area contributed by atoms with Crippen LogP contribution in [0.1, 0.15) is 22.6 Å². The van der Waals surface area contributed by atoms with Crippen molar-refractivity contribution in [2.75, 3.05) is 0 Å². The van der Waals surface area contributed by atoms with Crippen molar-refractivity contribution in [1.29, 1.82) is 5.26 Å². The molecule has 7 nitrogen and oxygen atoms in total. The number of nitrogens with zero attached hydrogens (tertiary/aromatic N) is 2. The zero-order chi connectivity index (χ0) is 22.8. The van der Waals surface area contributed by atoms with E-state index in [2.05, 4.69) is 16.3 Å². The maximum absolute atomic E-state index is 10.0. The topological polar surface area (TPSA) is 117 Å². The van der Waals surface area contributed by atoms with E-state index in [1.165, 1.54) is 0 Å². The average Bonchev–Trinajstić information content (AvgIpc) is 3.26. The number of nitrogens with two attached hydrogens (primary N) is 1. The van der Waals surface area contributed by atoms with Crippen molar-refractivity contribution in [1.82, 2.24) is 10.2 Å². The molecule has 0 aliphatic carbocycles. The van der Waals surface area contributed by atoms with E-state index in [0.717, 1.165) is 16.9 Å². The van der Waals surface area contributed by atoms with Gasteiger partial charge in [-0.3, -0.25) is 5.10 Å². The number of allylic oxidation sites excluding steroid dienone is 1. The number of fused-ring (bicyclic) bond motifs is 1. The fraction of sp³-hybridized carbons (Fsp3) is 0.0769. The molecule has 0 unspecified atom stereocenters. The molecule has 3 aromatic carbocycles. The number of ether oxygens (including phenoxy) is 2. The van der Waals surface area contributed by atoms with Gasteiger partial charge in [-0.25, -0.2) is 0 Å². The Kier molecular flexibility index (Phi) is 5.17. The number of aromatic nitrogens is 2. The highest BCUT2D eigenvalue weighted by Gasteiger charge is 2.35. The fourth-order valence-corrected chi connectivity index (χ4v) is 3.96. The highest BCUT2D eigenvalue weighted by molar-refractivity contribution is 5.71. The number of H-pyrrole nitrogens is 1. The van der Waals surface area contributed by atoms with Crippen LogP contribution in [-0.2, 0) is 6.61 Å². The Morgan fingerprint density at radius 3 is 2.58 bits per heavy atom. The Labute approximate surface area is 190 Å². The van der Waals surface area contributed by atoms with Gasteiger partial charge in [-0.05, 0) is 47.5 Å². The van der Waals surface area contributed by atoms with Crippen molar-refractivity contribution in [2.45, 2.75) is 12.5 Å². The van der Waals surface area contributed by atoms with Gasteiger partial charge in [0.1, 0.15) is 29.7 Å². The van der Waals surface area contributed by atoms with E-state index in [4.69, 9.17) is 15.2 Å². The summed E-state index contributed by atoms with van der Waals surface area (Å²) >= 11 is 0. The number of benzene rings is 3. The molecule has 0 amide bonds. The summed E-state index contributed by atoms with van der Waals surface area (Å²) in [5, 5.41) is 27.1. The van der Waals surface area contributed by atoms with Crippen molar-refractivity contribution in [3.63, 3.8) is 0 Å². The molecule has 7 heteroatoms. The molecular weight excluding hydrogens is 416 g/mol. The van der Waals surface area contributed by atoms with Gasteiger partial charge in [0.05, 0.1) is 17.2 Å². The van der Waals surface area contributed by atoms with Crippen LogP contribution >= 0.6 is 0 Å². The van der Waals surface area contributed by atoms with Gasteiger partial charge < -0.3 is 20.3 Å². The van der Waals surface area contributed by atoms with E-state index in [-0.39, 0.29) is 17.2 Å². The van der Waals surface area contributed by atoms with Crippen molar-refractivity contribution >= 4 is 0 Å². The molecule has 1 atom stereocenters. The summed E-state index contributed by atoms with van der Waals surface area (Å²) in [7, 11) is 0. The lowest BCUT2D eigenvalue weighted by molar-refractivity contribution is 0.306. The Balaban J connectivity index is 1.49. The minimum absolute atomic E-state index is 0.000975. The number of aromatic hydroxyl groups is 1. The Morgan fingerprint density at radius 1 is 1.06 bits per heavy atom. The van der Waals surface area contributed by atoms with Crippen molar-refractivity contribution < 1.29 is 14.6 Å². The van der Waals surface area contributed by atoms with Crippen LogP contribution in [0.5, 0.6) is 17.4 Å². The standard InChI is InChI=1S/C26H20N4O3/c27-14-21-22(18-7-4-8-19(31)13-18)23-24(29-30-26(23)33-25(21)28)17-9-11-20(12-10-17)32-15-16-5-2-1-3-6-16/h1-13,22,31H,15,28H2,(H,29,30)/t22-/m0/s1. The molecule has 0 bridgehead atoms. The smallest absolute Gasteiger partial charge is 0.244 e. The number of rotatable bonds is 5. The van der Waals surface area contributed by atoms with Crippen molar-refractivity contribution in [2.24, 2.45) is 5.73 Å². The molecule has 0 saturated carbocycles. The summed E-state index contributed by atoms with van der Waals surface area (Å²) in [5.74, 6) is 0.605. The third kappa shape index (κ3) is 3.86. The number of hydrogen-bond donors (Lipinski definition) is 3. The highest BCUT2D eigenvalue weighted by atomic mass is 16.5. The van der Waals surface area contributed by atoms with Crippen LogP contribution in [-0.4, -0.2) is 15.3 Å². The van der Waals surface area contributed by atoms with Crippen LogP contribution < -0.4 is 15.2 Å². The number of aromatic amines is 1. The van der Waals surface area contributed by atoms with Gasteiger partial charge >= 0.3 is 0 Å². The Hall–Kier alpha value is -4.70. The predicted molar refractivity (Wildman–Crippen MR) is 122 cm³/mol. The first-order valence-corrected chi connectivity index (χ1v) is 10.4. The van der Waals surface area contributed by atoms with Crippen LogP contribution in [0.4, 0.5) is 0 Å². The zero-order valence-electron chi connectivity index (χ0n) is 17.5. The van der Waals surface area contributed by atoms with Gasteiger partial charge in [0, 0.05) is 5.56 Å². The molecule has 4 aromatic rings. The number of phenols is 1. The summed E-state index contributed by atoms with van der Waals surface area (Å²) in [4.78, 5) is 0. The van der Waals surface area contributed by atoms with Gasteiger partial charge in [0.15, 0.2) is 0 Å². The van der Waals surface area contributed by atoms with Gasteiger partial charge in [0.25, 0.3) is 0 Å². The molecule has 1 aliphatic heterocycles. The second kappa shape index (κ2) is 8.44. The minimum Gasteiger partial charge on any atom is -0.508 e. The third-order valence-electron chi connectivity index (χ3n) is 5.53. The van der Waals surface area contributed by atoms with E-state index >= 15 is 0 Å². The lowest BCUT2D eigenvalue weighted by atomic mass is 9.83.